The van der Waals surface area contributed by atoms with E-state index in [-0.39, 0.29) is 11.8 Å². The molecule has 2 heterocycles. The summed E-state index contributed by atoms with van der Waals surface area (Å²) in [7, 11) is 1.55. The molecule has 0 unspecified atom stereocenters. The summed E-state index contributed by atoms with van der Waals surface area (Å²) in [5.74, 6) is 1.04. The van der Waals surface area contributed by atoms with Gasteiger partial charge in [0.25, 0.3) is 11.8 Å². The Morgan fingerprint density at radius 3 is 2.55 bits per heavy atom. The van der Waals surface area contributed by atoms with Crippen molar-refractivity contribution < 1.29 is 18.7 Å². The second-order valence-corrected chi connectivity index (χ2v) is 7.54. The molecule has 0 aliphatic carbocycles. The molecule has 146 valence electrons. The molecular formula is C23H19NO4S. The Balaban J connectivity index is 1.80. The third kappa shape index (κ3) is 3.59. The predicted octanol–water partition coefficient (Wildman–Crippen LogP) is 4.81. The van der Waals surface area contributed by atoms with Gasteiger partial charge in [-0.3, -0.25) is 9.59 Å². The highest BCUT2D eigenvalue weighted by Gasteiger charge is 2.41. The molecule has 2 amide bonds. The van der Waals surface area contributed by atoms with E-state index in [9.17, 15) is 9.59 Å². The number of benzene rings is 2. The first kappa shape index (κ1) is 19.1. The number of aryl methyl sites for hydroxylation is 1. The number of thioether (sulfide) groups is 1. The van der Waals surface area contributed by atoms with Crippen LogP contribution in [0.2, 0.25) is 0 Å². The third-order valence-corrected chi connectivity index (χ3v) is 5.71. The lowest BCUT2D eigenvalue weighted by molar-refractivity contribution is -0.119. The predicted molar refractivity (Wildman–Crippen MR) is 114 cm³/mol. The minimum atomic E-state index is -0.355. The topological polar surface area (TPSA) is 59.8 Å². The quantitative estimate of drug-likeness (QED) is 0.551. The zero-order valence-corrected chi connectivity index (χ0v) is 16.9. The average molecular weight is 405 g/mol. The maximum atomic E-state index is 13.4. The molecule has 0 radical (unpaired) electrons. The van der Waals surface area contributed by atoms with Crippen molar-refractivity contribution in [2.75, 3.05) is 12.0 Å². The van der Waals surface area contributed by atoms with E-state index in [0.29, 0.717) is 33.2 Å². The number of amides is 2. The van der Waals surface area contributed by atoms with E-state index in [4.69, 9.17) is 9.15 Å². The standard InChI is InChI=1S/C23H19NO4S/c1-15-7-5-8-16(13-15)24-22(25)20(18-10-3-4-11-19(18)27-2)21(23(24)26)29-14-17-9-6-12-28-17/h3-13H,14H2,1-2H3. The van der Waals surface area contributed by atoms with Crippen molar-refractivity contribution in [1.82, 2.24) is 0 Å². The molecule has 3 aromatic rings. The van der Waals surface area contributed by atoms with Crippen LogP contribution in [0.4, 0.5) is 5.69 Å². The molecular weight excluding hydrogens is 386 g/mol. The summed E-state index contributed by atoms with van der Waals surface area (Å²) in [6.07, 6.45) is 1.59. The fraction of sp³-hybridized carbons (Fsp3) is 0.130. The zero-order valence-electron chi connectivity index (χ0n) is 16.0. The first-order valence-electron chi connectivity index (χ1n) is 9.08. The molecule has 2 aromatic carbocycles. The first-order chi connectivity index (χ1) is 14.1. The molecule has 4 rings (SSSR count). The molecule has 0 bridgehead atoms. The minimum Gasteiger partial charge on any atom is -0.496 e. The summed E-state index contributed by atoms with van der Waals surface area (Å²) >= 11 is 1.30. The molecule has 0 N–H and O–H groups in total. The molecule has 1 aliphatic heterocycles. The van der Waals surface area contributed by atoms with Crippen LogP contribution < -0.4 is 9.64 Å². The van der Waals surface area contributed by atoms with E-state index in [2.05, 4.69) is 0 Å². The van der Waals surface area contributed by atoms with Crippen LogP contribution in [0.1, 0.15) is 16.9 Å². The van der Waals surface area contributed by atoms with Crippen LogP contribution in [0.5, 0.6) is 5.75 Å². The van der Waals surface area contributed by atoms with Gasteiger partial charge in [-0.1, -0.05) is 30.3 Å². The van der Waals surface area contributed by atoms with E-state index in [1.807, 2.05) is 43.3 Å². The van der Waals surface area contributed by atoms with E-state index in [1.165, 1.54) is 16.7 Å². The maximum absolute atomic E-state index is 13.4. The van der Waals surface area contributed by atoms with Crippen LogP contribution in [0.15, 0.2) is 76.2 Å². The van der Waals surface area contributed by atoms with Crippen LogP contribution >= 0.6 is 11.8 Å². The Morgan fingerprint density at radius 2 is 1.83 bits per heavy atom. The SMILES string of the molecule is COc1ccccc1C1=C(SCc2ccco2)C(=O)N(c2cccc(C)c2)C1=O. The Kier molecular flexibility index (Phi) is 5.27. The highest BCUT2D eigenvalue weighted by Crippen LogP contribution is 2.42. The number of rotatable bonds is 6. The van der Waals surface area contributed by atoms with Gasteiger partial charge in [-0.25, -0.2) is 4.90 Å². The Labute approximate surface area is 173 Å². The van der Waals surface area contributed by atoms with Gasteiger partial charge in [0.2, 0.25) is 0 Å². The first-order valence-corrected chi connectivity index (χ1v) is 10.1. The number of carbonyl (C=O) groups excluding carboxylic acids is 2. The van der Waals surface area contributed by atoms with Crippen LogP contribution in [-0.4, -0.2) is 18.9 Å². The van der Waals surface area contributed by atoms with Gasteiger partial charge in [-0.15, -0.1) is 11.8 Å². The number of carbonyl (C=O) groups is 2. The summed E-state index contributed by atoms with van der Waals surface area (Å²) in [5, 5.41) is 0. The van der Waals surface area contributed by atoms with Gasteiger partial charge in [-0.05, 0) is 42.8 Å². The molecule has 1 aliphatic rings. The monoisotopic (exact) mass is 405 g/mol. The van der Waals surface area contributed by atoms with Gasteiger partial charge >= 0.3 is 0 Å². The van der Waals surface area contributed by atoms with Crippen molar-refractivity contribution in [2.45, 2.75) is 12.7 Å². The third-order valence-electron chi connectivity index (χ3n) is 4.62. The van der Waals surface area contributed by atoms with Gasteiger partial charge in [0.05, 0.1) is 35.3 Å². The lowest BCUT2D eigenvalue weighted by atomic mass is 10.0. The second-order valence-electron chi connectivity index (χ2n) is 6.56. The van der Waals surface area contributed by atoms with Crippen molar-refractivity contribution in [3.05, 3.63) is 88.7 Å². The van der Waals surface area contributed by atoms with E-state index in [0.717, 1.165) is 11.3 Å². The van der Waals surface area contributed by atoms with Gasteiger partial charge in [-0.2, -0.15) is 0 Å². The fourth-order valence-corrected chi connectivity index (χ4v) is 4.28. The number of nitrogens with zero attached hydrogens (tertiary/aromatic N) is 1. The van der Waals surface area contributed by atoms with Crippen molar-refractivity contribution >= 4 is 34.8 Å². The minimum absolute atomic E-state index is 0.335. The molecule has 0 fully saturated rings. The zero-order chi connectivity index (χ0) is 20.4. The number of para-hydroxylation sites is 1. The molecule has 1 aromatic heterocycles. The number of hydrogen-bond acceptors (Lipinski definition) is 5. The van der Waals surface area contributed by atoms with Crippen LogP contribution in [0, 0.1) is 6.92 Å². The number of methoxy groups -OCH3 is 1. The summed E-state index contributed by atoms with van der Waals surface area (Å²) in [5.41, 5.74) is 2.48. The summed E-state index contributed by atoms with van der Waals surface area (Å²) in [6.45, 7) is 1.93. The number of hydrogen-bond donors (Lipinski definition) is 0. The van der Waals surface area contributed by atoms with Crippen LogP contribution in [-0.2, 0) is 15.3 Å². The van der Waals surface area contributed by atoms with Gasteiger partial charge < -0.3 is 9.15 Å². The average Bonchev–Trinajstić information content (AvgIpc) is 3.32. The van der Waals surface area contributed by atoms with Crippen molar-refractivity contribution in [3.8, 4) is 5.75 Å². The Bertz CT molecular complexity index is 1100. The molecule has 29 heavy (non-hydrogen) atoms. The summed E-state index contributed by atoms with van der Waals surface area (Å²) in [6, 6.07) is 18.2. The van der Waals surface area contributed by atoms with Crippen molar-refractivity contribution in [2.24, 2.45) is 0 Å². The van der Waals surface area contributed by atoms with E-state index < -0.39 is 0 Å². The van der Waals surface area contributed by atoms with Crippen LogP contribution in [0.25, 0.3) is 5.57 Å². The maximum Gasteiger partial charge on any atom is 0.272 e. The van der Waals surface area contributed by atoms with Gasteiger partial charge in [0.1, 0.15) is 11.5 Å². The second kappa shape index (κ2) is 8.01. The number of imide groups is 1. The molecule has 6 heteroatoms. The lowest BCUT2D eigenvalue weighted by Crippen LogP contribution is -2.31. The molecule has 5 nitrogen and oxygen atoms in total. The molecule has 0 spiro atoms. The largest absolute Gasteiger partial charge is 0.496 e. The summed E-state index contributed by atoms with van der Waals surface area (Å²) in [4.78, 5) is 28.4. The molecule has 0 saturated heterocycles. The van der Waals surface area contributed by atoms with Gasteiger partial charge in [0.15, 0.2) is 0 Å². The van der Waals surface area contributed by atoms with E-state index in [1.54, 1.807) is 37.6 Å². The molecule has 0 saturated carbocycles. The highest BCUT2D eigenvalue weighted by molar-refractivity contribution is 8.03. The van der Waals surface area contributed by atoms with E-state index >= 15 is 0 Å². The van der Waals surface area contributed by atoms with Crippen molar-refractivity contribution in [3.63, 3.8) is 0 Å². The lowest BCUT2D eigenvalue weighted by Gasteiger charge is -2.16. The number of furan rings is 1. The fourth-order valence-electron chi connectivity index (χ4n) is 3.27. The van der Waals surface area contributed by atoms with Crippen molar-refractivity contribution in [1.29, 1.82) is 0 Å². The smallest absolute Gasteiger partial charge is 0.272 e. The Morgan fingerprint density at radius 1 is 1.00 bits per heavy atom. The Hall–Kier alpha value is -3.25. The number of anilines is 1. The number of ether oxygens (including phenoxy) is 1. The van der Waals surface area contributed by atoms with Gasteiger partial charge in [0, 0.05) is 5.56 Å². The normalized spacial score (nSPS) is 14.1. The molecule has 0 atom stereocenters. The summed E-state index contributed by atoms with van der Waals surface area (Å²) < 4.78 is 10.8. The highest BCUT2D eigenvalue weighted by atomic mass is 32.2. The van der Waals surface area contributed by atoms with Crippen LogP contribution in [0.3, 0.4) is 0 Å².